The van der Waals surface area contributed by atoms with Gasteiger partial charge in [-0.05, 0) is 24.3 Å². The van der Waals surface area contributed by atoms with Crippen LogP contribution < -0.4 is 10.1 Å². The van der Waals surface area contributed by atoms with Gasteiger partial charge in [-0.25, -0.2) is 9.18 Å². The number of halogens is 1. The fourth-order valence-corrected chi connectivity index (χ4v) is 2.28. The molecule has 0 aliphatic rings. The molecule has 132 valence electrons. The molecule has 2 aromatic heterocycles. The SMILES string of the molecule is CC(=O)Nc1ccc(Oc2ccnc(-c3cc(C(=O)O)c[nH]3)c2)c(F)c1. The minimum absolute atomic E-state index is 0.0195. The van der Waals surface area contributed by atoms with Crippen molar-refractivity contribution in [2.24, 2.45) is 0 Å². The van der Waals surface area contributed by atoms with Crippen LogP contribution in [-0.2, 0) is 4.79 Å². The second kappa shape index (κ2) is 7.06. The average molecular weight is 355 g/mol. The van der Waals surface area contributed by atoms with Crippen molar-refractivity contribution in [3.05, 3.63) is 60.2 Å². The first kappa shape index (κ1) is 17.2. The van der Waals surface area contributed by atoms with E-state index in [1.165, 1.54) is 37.5 Å². The Morgan fingerprint density at radius 1 is 1.23 bits per heavy atom. The number of hydrogen-bond acceptors (Lipinski definition) is 4. The van der Waals surface area contributed by atoms with Crippen LogP contribution in [0.3, 0.4) is 0 Å². The Bertz CT molecular complexity index is 984. The number of aromatic carboxylic acids is 1. The Morgan fingerprint density at radius 2 is 2.04 bits per heavy atom. The fourth-order valence-electron chi connectivity index (χ4n) is 2.28. The van der Waals surface area contributed by atoms with Gasteiger partial charge in [0.15, 0.2) is 11.6 Å². The molecule has 0 fully saturated rings. The van der Waals surface area contributed by atoms with Crippen molar-refractivity contribution in [1.29, 1.82) is 0 Å². The van der Waals surface area contributed by atoms with Crippen molar-refractivity contribution in [2.75, 3.05) is 5.32 Å². The molecule has 0 aliphatic carbocycles. The Kier molecular flexibility index (Phi) is 4.66. The van der Waals surface area contributed by atoms with Gasteiger partial charge in [-0.3, -0.25) is 9.78 Å². The van der Waals surface area contributed by atoms with Crippen LogP contribution >= 0.6 is 0 Å². The van der Waals surface area contributed by atoms with Gasteiger partial charge in [0.2, 0.25) is 5.91 Å². The van der Waals surface area contributed by atoms with Crippen LogP contribution in [0.15, 0.2) is 48.8 Å². The van der Waals surface area contributed by atoms with Crippen LogP contribution in [0.5, 0.6) is 11.5 Å². The van der Waals surface area contributed by atoms with Gasteiger partial charge in [0.25, 0.3) is 0 Å². The summed E-state index contributed by atoms with van der Waals surface area (Å²) in [6.45, 7) is 1.33. The molecule has 3 rings (SSSR count). The lowest BCUT2D eigenvalue weighted by atomic mass is 10.2. The van der Waals surface area contributed by atoms with Crippen LogP contribution in [0.25, 0.3) is 11.4 Å². The molecule has 0 bridgehead atoms. The number of anilines is 1. The van der Waals surface area contributed by atoms with Gasteiger partial charge in [0.1, 0.15) is 5.75 Å². The molecular weight excluding hydrogens is 341 g/mol. The van der Waals surface area contributed by atoms with E-state index in [2.05, 4.69) is 15.3 Å². The summed E-state index contributed by atoms with van der Waals surface area (Å²) in [6.07, 6.45) is 2.82. The molecular formula is C18H14FN3O4. The van der Waals surface area contributed by atoms with E-state index in [0.29, 0.717) is 22.8 Å². The third-order valence-corrected chi connectivity index (χ3v) is 3.42. The highest BCUT2D eigenvalue weighted by atomic mass is 19.1. The first-order chi connectivity index (χ1) is 12.4. The summed E-state index contributed by atoms with van der Waals surface area (Å²) in [4.78, 5) is 28.9. The van der Waals surface area contributed by atoms with E-state index in [9.17, 15) is 14.0 Å². The largest absolute Gasteiger partial charge is 0.478 e. The molecule has 1 amide bonds. The normalized spacial score (nSPS) is 10.4. The molecule has 0 saturated heterocycles. The van der Waals surface area contributed by atoms with Gasteiger partial charge < -0.3 is 20.1 Å². The lowest BCUT2D eigenvalue weighted by Gasteiger charge is -2.09. The van der Waals surface area contributed by atoms with E-state index in [4.69, 9.17) is 9.84 Å². The Morgan fingerprint density at radius 3 is 2.69 bits per heavy atom. The number of carboxylic acid groups (broad SMARTS) is 1. The molecule has 0 unspecified atom stereocenters. The van der Waals surface area contributed by atoms with Crippen molar-refractivity contribution in [3.8, 4) is 22.9 Å². The van der Waals surface area contributed by atoms with Crippen LogP contribution in [0.1, 0.15) is 17.3 Å². The summed E-state index contributed by atoms with van der Waals surface area (Å²) in [5.41, 5.74) is 1.37. The third kappa shape index (κ3) is 3.86. The van der Waals surface area contributed by atoms with E-state index in [1.807, 2.05) is 0 Å². The number of ether oxygens (including phenoxy) is 1. The van der Waals surface area contributed by atoms with Crippen LogP contribution in [-0.4, -0.2) is 27.0 Å². The summed E-state index contributed by atoms with van der Waals surface area (Å²) in [7, 11) is 0. The maximum absolute atomic E-state index is 14.1. The Balaban J connectivity index is 1.82. The van der Waals surface area contributed by atoms with E-state index in [1.54, 1.807) is 12.1 Å². The topological polar surface area (TPSA) is 104 Å². The van der Waals surface area contributed by atoms with Crippen molar-refractivity contribution < 1.29 is 23.8 Å². The standard InChI is InChI=1S/C18H14FN3O4/c1-10(23)22-12-2-3-17(14(19)7-12)26-13-4-5-20-16(8-13)15-6-11(9-21-15)18(24)25/h2-9,21H,1H3,(H,22,23)(H,24,25). The van der Waals surface area contributed by atoms with Gasteiger partial charge in [-0.15, -0.1) is 0 Å². The number of aromatic amines is 1. The number of benzene rings is 1. The summed E-state index contributed by atoms with van der Waals surface area (Å²) >= 11 is 0. The number of nitrogens with zero attached hydrogens (tertiary/aromatic N) is 1. The number of rotatable bonds is 5. The van der Waals surface area contributed by atoms with Crippen LogP contribution in [0, 0.1) is 5.82 Å². The minimum atomic E-state index is -1.05. The highest BCUT2D eigenvalue weighted by Gasteiger charge is 2.11. The number of hydrogen-bond donors (Lipinski definition) is 3. The van der Waals surface area contributed by atoms with E-state index >= 15 is 0 Å². The predicted octanol–water partition coefficient (Wildman–Crippen LogP) is 3.66. The molecule has 0 radical (unpaired) electrons. The highest BCUT2D eigenvalue weighted by Crippen LogP contribution is 2.28. The fraction of sp³-hybridized carbons (Fsp3) is 0.0556. The molecule has 26 heavy (non-hydrogen) atoms. The van der Waals surface area contributed by atoms with Crippen LogP contribution in [0.2, 0.25) is 0 Å². The van der Waals surface area contributed by atoms with Crippen molar-refractivity contribution in [1.82, 2.24) is 9.97 Å². The maximum atomic E-state index is 14.1. The van der Waals surface area contributed by atoms with Gasteiger partial charge in [0, 0.05) is 37.1 Å². The van der Waals surface area contributed by atoms with Gasteiger partial charge in [-0.2, -0.15) is 0 Å². The Hall–Kier alpha value is -3.68. The second-order valence-corrected chi connectivity index (χ2v) is 5.41. The number of carboxylic acids is 1. The van der Waals surface area contributed by atoms with E-state index < -0.39 is 11.8 Å². The van der Waals surface area contributed by atoms with Gasteiger partial charge in [0.05, 0.1) is 17.0 Å². The molecule has 1 aromatic carbocycles. The number of H-pyrrole nitrogens is 1. The zero-order valence-corrected chi connectivity index (χ0v) is 13.6. The Labute approximate surface area is 147 Å². The molecule has 0 atom stereocenters. The van der Waals surface area contributed by atoms with Gasteiger partial charge >= 0.3 is 5.97 Å². The first-order valence-electron chi connectivity index (χ1n) is 7.55. The van der Waals surface area contributed by atoms with E-state index in [0.717, 1.165) is 6.07 Å². The second-order valence-electron chi connectivity index (χ2n) is 5.41. The van der Waals surface area contributed by atoms with Crippen molar-refractivity contribution in [2.45, 2.75) is 6.92 Å². The molecule has 3 aromatic rings. The number of nitrogens with one attached hydrogen (secondary N) is 2. The molecule has 7 nitrogen and oxygen atoms in total. The smallest absolute Gasteiger partial charge is 0.337 e. The zero-order valence-electron chi connectivity index (χ0n) is 13.6. The zero-order chi connectivity index (χ0) is 18.7. The summed E-state index contributed by atoms with van der Waals surface area (Å²) < 4.78 is 19.7. The quantitative estimate of drug-likeness (QED) is 0.648. The minimum Gasteiger partial charge on any atom is -0.478 e. The summed E-state index contributed by atoms with van der Waals surface area (Å²) in [6, 6.07) is 8.62. The third-order valence-electron chi connectivity index (χ3n) is 3.42. The van der Waals surface area contributed by atoms with Gasteiger partial charge in [-0.1, -0.05) is 0 Å². The monoisotopic (exact) mass is 355 g/mol. The summed E-state index contributed by atoms with van der Waals surface area (Å²) in [5.74, 6) is -1.69. The number of amides is 1. The number of carbonyl (C=O) groups excluding carboxylic acids is 1. The van der Waals surface area contributed by atoms with Crippen molar-refractivity contribution in [3.63, 3.8) is 0 Å². The predicted molar refractivity (Wildman–Crippen MR) is 91.8 cm³/mol. The van der Waals surface area contributed by atoms with Crippen molar-refractivity contribution >= 4 is 17.6 Å². The molecule has 0 aliphatic heterocycles. The van der Waals surface area contributed by atoms with Crippen LogP contribution in [0.4, 0.5) is 10.1 Å². The first-order valence-corrected chi connectivity index (χ1v) is 7.55. The number of aromatic nitrogens is 2. The molecule has 2 heterocycles. The lowest BCUT2D eigenvalue weighted by molar-refractivity contribution is -0.114. The molecule has 8 heteroatoms. The summed E-state index contributed by atoms with van der Waals surface area (Å²) in [5, 5.41) is 11.5. The molecule has 3 N–H and O–H groups in total. The molecule has 0 saturated carbocycles. The number of carbonyl (C=O) groups is 2. The highest BCUT2D eigenvalue weighted by molar-refractivity contribution is 5.89. The number of pyridine rings is 1. The average Bonchev–Trinajstić information content (AvgIpc) is 3.07. The maximum Gasteiger partial charge on any atom is 0.337 e. The lowest BCUT2D eigenvalue weighted by Crippen LogP contribution is -2.05. The van der Waals surface area contributed by atoms with E-state index in [-0.39, 0.29) is 17.2 Å². The molecule has 0 spiro atoms.